The number of aromatic nitrogens is 3. The van der Waals surface area contributed by atoms with Gasteiger partial charge in [-0.05, 0) is 19.1 Å². The van der Waals surface area contributed by atoms with Crippen LogP contribution in [-0.4, -0.2) is 26.5 Å². The van der Waals surface area contributed by atoms with Crippen LogP contribution in [0.3, 0.4) is 0 Å². The molecule has 0 saturated carbocycles. The minimum atomic E-state index is -0.134. The molecule has 1 unspecified atom stereocenters. The zero-order chi connectivity index (χ0) is 12.3. The lowest BCUT2D eigenvalue weighted by atomic mass is 10.2. The van der Waals surface area contributed by atoms with Crippen LogP contribution >= 0.6 is 0 Å². The molecule has 2 heterocycles. The predicted octanol–water partition coefficient (Wildman–Crippen LogP) is 0.0828. The molecule has 2 rings (SSSR count). The molecule has 2 aromatic rings. The third-order valence-electron chi connectivity index (χ3n) is 2.34. The second-order valence-corrected chi connectivity index (χ2v) is 4.00. The van der Waals surface area contributed by atoms with Gasteiger partial charge >= 0.3 is 0 Å². The number of nitrogens with two attached hydrogens (primary N) is 1. The van der Waals surface area contributed by atoms with E-state index >= 15 is 0 Å². The molecule has 0 aromatic carbocycles. The van der Waals surface area contributed by atoms with Crippen LogP contribution in [0.25, 0.3) is 5.65 Å². The minimum Gasteiger partial charge on any atom is -0.349 e. The van der Waals surface area contributed by atoms with Gasteiger partial charge in [0.1, 0.15) is 0 Å². The van der Waals surface area contributed by atoms with E-state index in [9.17, 15) is 4.79 Å². The van der Waals surface area contributed by atoms with Gasteiger partial charge in [0.15, 0.2) is 11.5 Å². The van der Waals surface area contributed by atoms with Gasteiger partial charge in [-0.1, -0.05) is 6.07 Å². The fourth-order valence-electron chi connectivity index (χ4n) is 1.55. The summed E-state index contributed by atoms with van der Waals surface area (Å²) in [6.45, 7) is 2.16. The summed E-state index contributed by atoms with van der Waals surface area (Å²) in [6, 6.07) is 5.51. The van der Waals surface area contributed by atoms with E-state index < -0.39 is 0 Å². The molecule has 0 aliphatic rings. The lowest BCUT2D eigenvalue weighted by molar-refractivity contribution is -0.121. The second kappa shape index (κ2) is 4.92. The summed E-state index contributed by atoms with van der Waals surface area (Å²) < 4.78 is 1.84. The van der Waals surface area contributed by atoms with Crippen molar-refractivity contribution < 1.29 is 4.79 Å². The molecule has 90 valence electrons. The third-order valence-corrected chi connectivity index (χ3v) is 2.34. The van der Waals surface area contributed by atoms with E-state index in [-0.39, 0.29) is 11.9 Å². The Kier molecular flexibility index (Phi) is 3.34. The van der Waals surface area contributed by atoms with Crippen molar-refractivity contribution in [2.45, 2.75) is 25.9 Å². The van der Waals surface area contributed by atoms with Crippen molar-refractivity contribution >= 4 is 11.6 Å². The number of nitrogens with one attached hydrogen (secondary N) is 1. The third kappa shape index (κ3) is 2.79. The Bertz CT molecular complexity index is 519. The molecular weight excluding hydrogens is 218 g/mol. The first-order chi connectivity index (χ1) is 8.16. The molecule has 3 N–H and O–H groups in total. The van der Waals surface area contributed by atoms with Gasteiger partial charge in [-0.15, -0.1) is 10.2 Å². The number of carbonyl (C=O) groups excluding carboxylic acids is 1. The van der Waals surface area contributed by atoms with Gasteiger partial charge in [0.25, 0.3) is 0 Å². The second-order valence-electron chi connectivity index (χ2n) is 4.00. The number of rotatable bonds is 4. The molecule has 2 aromatic heterocycles. The number of pyridine rings is 1. The van der Waals surface area contributed by atoms with Gasteiger partial charge in [0.05, 0.1) is 6.54 Å². The van der Waals surface area contributed by atoms with Crippen molar-refractivity contribution in [3.63, 3.8) is 0 Å². The van der Waals surface area contributed by atoms with E-state index in [4.69, 9.17) is 5.73 Å². The van der Waals surface area contributed by atoms with E-state index in [1.807, 2.05) is 28.8 Å². The molecule has 0 aliphatic heterocycles. The van der Waals surface area contributed by atoms with Crippen LogP contribution in [0.15, 0.2) is 24.4 Å². The standard InChI is InChI=1S/C11H15N5O/c1-8(12)6-11(17)13-7-10-15-14-9-4-2-3-5-16(9)10/h2-5,8H,6-7,12H2,1H3,(H,13,17). The maximum Gasteiger partial charge on any atom is 0.221 e. The predicted molar refractivity (Wildman–Crippen MR) is 63.1 cm³/mol. The quantitative estimate of drug-likeness (QED) is 0.783. The smallest absolute Gasteiger partial charge is 0.221 e. The van der Waals surface area contributed by atoms with Gasteiger partial charge < -0.3 is 11.1 Å². The highest BCUT2D eigenvalue weighted by Crippen LogP contribution is 2.02. The van der Waals surface area contributed by atoms with Crippen LogP contribution in [0.2, 0.25) is 0 Å². The van der Waals surface area contributed by atoms with Crippen LogP contribution < -0.4 is 11.1 Å². The molecule has 0 saturated heterocycles. The van der Waals surface area contributed by atoms with E-state index in [2.05, 4.69) is 15.5 Å². The highest BCUT2D eigenvalue weighted by Gasteiger charge is 2.08. The van der Waals surface area contributed by atoms with E-state index in [1.54, 1.807) is 6.92 Å². The maximum absolute atomic E-state index is 11.4. The summed E-state index contributed by atoms with van der Waals surface area (Å²) in [5.41, 5.74) is 6.31. The first kappa shape index (κ1) is 11.5. The Labute approximate surface area is 98.8 Å². The fraction of sp³-hybridized carbons (Fsp3) is 0.364. The minimum absolute atomic E-state index is 0.0762. The summed E-state index contributed by atoms with van der Waals surface area (Å²) >= 11 is 0. The summed E-state index contributed by atoms with van der Waals surface area (Å²) in [5.74, 6) is 0.631. The monoisotopic (exact) mass is 233 g/mol. The first-order valence-electron chi connectivity index (χ1n) is 5.48. The molecule has 1 atom stereocenters. The van der Waals surface area contributed by atoms with Crippen LogP contribution in [0.4, 0.5) is 0 Å². The molecule has 0 aliphatic carbocycles. The van der Waals surface area contributed by atoms with E-state index in [1.165, 1.54) is 0 Å². The number of hydrogen-bond donors (Lipinski definition) is 2. The molecule has 6 nitrogen and oxygen atoms in total. The Morgan fingerprint density at radius 3 is 3.12 bits per heavy atom. The van der Waals surface area contributed by atoms with Crippen molar-refractivity contribution in [3.05, 3.63) is 30.2 Å². The SMILES string of the molecule is CC(N)CC(=O)NCc1nnc2ccccn12. The van der Waals surface area contributed by atoms with Crippen molar-refractivity contribution in [3.8, 4) is 0 Å². The van der Waals surface area contributed by atoms with Gasteiger partial charge in [-0.2, -0.15) is 0 Å². The number of nitrogens with zero attached hydrogens (tertiary/aromatic N) is 3. The van der Waals surface area contributed by atoms with Crippen molar-refractivity contribution in [1.29, 1.82) is 0 Å². The van der Waals surface area contributed by atoms with Crippen LogP contribution in [-0.2, 0) is 11.3 Å². The molecule has 0 bridgehead atoms. The Balaban J connectivity index is 2.02. The van der Waals surface area contributed by atoms with Crippen LogP contribution in [0.5, 0.6) is 0 Å². The Morgan fingerprint density at radius 1 is 1.53 bits per heavy atom. The summed E-state index contributed by atoms with van der Waals surface area (Å²) in [4.78, 5) is 11.4. The molecule has 1 amide bonds. The summed E-state index contributed by atoms with van der Waals surface area (Å²) in [6.07, 6.45) is 2.18. The average Bonchev–Trinajstić information content (AvgIpc) is 2.69. The number of carbonyl (C=O) groups is 1. The highest BCUT2D eigenvalue weighted by molar-refractivity contribution is 5.76. The summed E-state index contributed by atoms with van der Waals surface area (Å²) in [5, 5.41) is 10.8. The lowest BCUT2D eigenvalue weighted by Crippen LogP contribution is -2.30. The Morgan fingerprint density at radius 2 is 2.35 bits per heavy atom. The van der Waals surface area contributed by atoms with E-state index in [0.29, 0.717) is 18.8 Å². The number of hydrogen-bond acceptors (Lipinski definition) is 4. The summed E-state index contributed by atoms with van der Waals surface area (Å²) in [7, 11) is 0. The van der Waals surface area contributed by atoms with Crippen LogP contribution in [0.1, 0.15) is 19.2 Å². The topological polar surface area (TPSA) is 85.3 Å². The van der Waals surface area contributed by atoms with Gasteiger partial charge in [0, 0.05) is 18.7 Å². The van der Waals surface area contributed by atoms with Crippen molar-refractivity contribution in [2.24, 2.45) is 5.73 Å². The first-order valence-corrected chi connectivity index (χ1v) is 5.48. The van der Waals surface area contributed by atoms with Crippen LogP contribution in [0, 0.1) is 0 Å². The van der Waals surface area contributed by atoms with Gasteiger partial charge in [-0.3, -0.25) is 9.20 Å². The normalized spacial score (nSPS) is 12.6. The van der Waals surface area contributed by atoms with Crippen molar-refractivity contribution in [1.82, 2.24) is 19.9 Å². The lowest BCUT2D eigenvalue weighted by Gasteiger charge is -2.06. The zero-order valence-electron chi connectivity index (χ0n) is 9.63. The molecular formula is C11H15N5O. The van der Waals surface area contributed by atoms with E-state index in [0.717, 1.165) is 5.65 Å². The van der Waals surface area contributed by atoms with Gasteiger partial charge in [0.2, 0.25) is 5.91 Å². The molecule has 17 heavy (non-hydrogen) atoms. The molecule has 0 spiro atoms. The zero-order valence-corrected chi connectivity index (χ0v) is 9.63. The molecule has 0 radical (unpaired) electrons. The molecule has 0 fully saturated rings. The molecule has 6 heteroatoms. The number of amides is 1. The van der Waals surface area contributed by atoms with Gasteiger partial charge in [-0.25, -0.2) is 0 Å². The average molecular weight is 233 g/mol. The van der Waals surface area contributed by atoms with Crippen molar-refractivity contribution in [2.75, 3.05) is 0 Å². The number of fused-ring (bicyclic) bond motifs is 1. The Hall–Kier alpha value is -1.95. The highest BCUT2D eigenvalue weighted by atomic mass is 16.1. The fourth-order valence-corrected chi connectivity index (χ4v) is 1.55. The maximum atomic E-state index is 11.4. The largest absolute Gasteiger partial charge is 0.349 e.